The molecule has 3 nitrogen and oxygen atoms in total. The second-order valence-electron chi connectivity index (χ2n) is 3.40. The lowest BCUT2D eigenvalue weighted by Gasteiger charge is -2.10. The van der Waals surface area contributed by atoms with Crippen LogP contribution in [0.2, 0.25) is 0 Å². The van der Waals surface area contributed by atoms with Crippen molar-refractivity contribution in [2.45, 2.75) is 6.42 Å². The van der Waals surface area contributed by atoms with Crippen LogP contribution in [0, 0.1) is 5.92 Å². The Morgan fingerprint density at radius 1 is 1.55 bits per heavy atom. The maximum atomic E-state index is 3.36. The molecule has 0 aromatic rings. The van der Waals surface area contributed by atoms with Crippen molar-refractivity contribution in [1.82, 2.24) is 15.5 Å². The standard InChI is InChI=1S/C8H19N3/c1-9-7-10-5-8-3-4-11(2)6-8/h8-10H,3-7H2,1-2H3. The highest BCUT2D eigenvalue weighted by atomic mass is 15.1. The quantitative estimate of drug-likeness (QED) is 0.433. The van der Waals surface area contributed by atoms with Gasteiger partial charge in [0, 0.05) is 19.8 Å². The third-order valence-corrected chi connectivity index (χ3v) is 2.22. The minimum Gasteiger partial charge on any atom is -0.308 e. The van der Waals surface area contributed by atoms with E-state index in [4.69, 9.17) is 0 Å². The highest BCUT2D eigenvalue weighted by Crippen LogP contribution is 2.12. The molecule has 1 fully saturated rings. The Kier molecular flexibility index (Phi) is 3.83. The van der Waals surface area contributed by atoms with Crippen molar-refractivity contribution in [3.8, 4) is 0 Å². The van der Waals surface area contributed by atoms with Gasteiger partial charge in [0.05, 0.1) is 0 Å². The third kappa shape index (κ3) is 3.18. The number of hydrogen-bond acceptors (Lipinski definition) is 3. The molecular formula is C8H19N3. The molecule has 0 radical (unpaired) electrons. The van der Waals surface area contributed by atoms with Crippen LogP contribution in [0.4, 0.5) is 0 Å². The Labute approximate surface area is 69.1 Å². The minimum absolute atomic E-state index is 0.869. The smallest absolute Gasteiger partial charge is 0.0451 e. The molecule has 66 valence electrons. The monoisotopic (exact) mass is 157 g/mol. The molecule has 1 rings (SSSR count). The molecule has 1 aliphatic rings. The fraction of sp³-hybridized carbons (Fsp3) is 1.00. The van der Waals surface area contributed by atoms with Crippen molar-refractivity contribution in [2.24, 2.45) is 5.92 Å². The molecule has 0 amide bonds. The Balaban J connectivity index is 1.99. The van der Waals surface area contributed by atoms with Gasteiger partial charge in [0.2, 0.25) is 0 Å². The lowest BCUT2D eigenvalue weighted by Crippen LogP contribution is -2.31. The summed E-state index contributed by atoms with van der Waals surface area (Å²) in [5.74, 6) is 0.869. The SMILES string of the molecule is CNCNCC1CCN(C)C1. The van der Waals surface area contributed by atoms with E-state index in [1.165, 1.54) is 19.5 Å². The number of likely N-dealkylation sites (tertiary alicyclic amines) is 1. The van der Waals surface area contributed by atoms with Crippen LogP contribution in [0.25, 0.3) is 0 Å². The molecule has 0 aromatic carbocycles. The van der Waals surface area contributed by atoms with Crippen LogP contribution < -0.4 is 10.6 Å². The zero-order valence-corrected chi connectivity index (χ0v) is 7.56. The average Bonchev–Trinajstić information content (AvgIpc) is 2.37. The zero-order valence-electron chi connectivity index (χ0n) is 7.56. The fourth-order valence-corrected chi connectivity index (χ4v) is 1.59. The van der Waals surface area contributed by atoms with Crippen molar-refractivity contribution < 1.29 is 0 Å². The van der Waals surface area contributed by atoms with Gasteiger partial charge in [-0.1, -0.05) is 0 Å². The van der Waals surface area contributed by atoms with Gasteiger partial charge in [0.25, 0.3) is 0 Å². The first-order chi connectivity index (χ1) is 5.33. The van der Waals surface area contributed by atoms with Gasteiger partial charge in [-0.15, -0.1) is 0 Å². The van der Waals surface area contributed by atoms with Gasteiger partial charge in [-0.25, -0.2) is 0 Å². The topological polar surface area (TPSA) is 27.3 Å². The third-order valence-electron chi connectivity index (χ3n) is 2.22. The zero-order chi connectivity index (χ0) is 8.10. The summed E-state index contributed by atoms with van der Waals surface area (Å²) in [6, 6.07) is 0. The summed E-state index contributed by atoms with van der Waals surface area (Å²) in [5.41, 5.74) is 0. The molecule has 1 heterocycles. The van der Waals surface area contributed by atoms with Gasteiger partial charge in [-0.05, 0) is 33.0 Å². The highest BCUT2D eigenvalue weighted by molar-refractivity contribution is 4.74. The van der Waals surface area contributed by atoms with Gasteiger partial charge in [-0.3, -0.25) is 0 Å². The molecule has 1 atom stereocenters. The summed E-state index contributed by atoms with van der Waals surface area (Å²) in [6.45, 7) is 4.62. The van der Waals surface area contributed by atoms with Crippen LogP contribution >= 0.6 is 0 Å². The van der Waals surface area contributed by atoms with Gasteiger partial charge in [-0.2, -0.15) is 0 Å². The summed E-state index contributed by atoms with van der Waals surface area (Å²) in [6.07, 6.45) is 1.35. The van der Waals surface area contributed by atoms with E-state index in [2.05, 4.69) is 22.6 Å². The largest absolute Gasteiger partial charge is 0.308 e. The molecule has 0 aliphatic carbocycles. The van der Waals surface area contributed by atoms with Gasteiger partial charge in [0.15, 0.2) is 0 Å². The summed E-state index contributed by atoms with van der Waals surface area (Å²) in [4.78, 5) is 2.39. The van der Waals surface area contributed by atoms with E-state index in [-0.39, 0.29) is 0 Å². The number of nitrogens with one attached hydrogen (secondary N) is 2. The van der Waals surface area contributed by atoms with Crippen molar-refractivity contribution >= 4 is 0 Å². The van der Waals surface area contributed by atoms with E-state index in [0.29, 0.717) is 0 Å². The average molecular weight is 157 g/mol. The van der Waals surface area contributed by atoms with E-state index in [1.807, 2.05) is 7.05 Å². The number of nitrogens with zero attached hydrogens (tertiary/aromatic N) is 1. The molecule has 1 unspecified atom stereocenters. The summed E-state index contributed by atoms with van der Waals surface area (Å²) >= 11 is 0. The maximum Gasteiger partial charge on any atom is 0.0451 e. The lowest BCUT2D eigenvalue weighted by molar-refractivity contribution is 0.387. The first kappa shape index (κ1) is 8.97. The number of rotatable bonds is 4. The minimum atomic E-state index is 0.869. The number of hydrogen-bond donors (Lipinski definition) is 2. The first-order valence-electron chi connectivity index (χ1n) is 4.37. The normalized spacial score (nSPS) is 26.2. The molecule has 3 heteroatoms. The van der Waals surface area contributed by atoms with Crippen LogP contribution in [-0.4, -0.2) is 45.3 Å². The summed E-state index contributed by atoms with van der Waals surface area (Å²) in [7, 11) is 4.16. The molecular weight excluding hydrogens is 138 g/mol. The Hall–Kier alpha value is -0.120. The highest BCUT2D eigenvalue weighted by Gasteiger charge is 2.18. The van der Waals surface area contributed by atoms with Gasteiger partial charge < -0.3 is 15.5 Å². The van der Waals surface area contributed by atoms with Gasteiger partial charge in [0.1, 0.15) is 0 Å². The summed E-state index contributed by atoms with van der Waals surface area (Å²) < 4.78 is 0. The van der Waals surface area contributed by atoms with Crippen molar-refractivity contribution in [2.75, 3.05) is 40.4 Å². The molecule has 11 heavy (non-hydrogen) atoms. The second-order valence-corrected chi connectivity index (χ2v) is 3.40. The van der Waals surface area contributed by atoms with Crippen molar-refractivity contribution in [3.05, 3.63) is 0 Å². The van der Waals surface area contributed by atoms with E-state index in [1.54, 1.807) is 0 Å². The van der Waals surface area contributed by atoms with E-state index >= 15 is 0 Å². The second kappa shape index (κ2) is 4.70. The fourth-order valence-electron chi connectivity index (χ4n) is 1.59. The van der Waals surface area contributed by atoms with E-state index in [9.17, 15) is 0 Å². The van der Waals surface area contributed by atoms with Crippen molar-refractivity contribution in [3.63, 3.8) is 0 Å². The predicted octanol–water partition coefficient (Wildman–Crippen LogP) is -0.295. The molecule has 2 N–H and O–H groups in total. The Morgan fingerprint density at radius 2 is 2.36 bits per heavy atom. The Bertz CT molecular complexity index is 106. The van der Waals surface area contributed by atoms with E-state index in [0.717, 1.165) is 19.1 Å². The molecule has 0 aromatic heterocycles. The van der Waals surface area contributed by atoms with Crippen LogP contribution in [0.5, 0.6) is 0 Å². The lowest BCUT2D eigenvalue weighted by atomic mass is 10.1. The van der Waals surface area contributed by atoms with Gasteiger partial charge >= 0.3 is 0 Å². The molecule has 1 saturated heterocycles. The molecule has 1 aliphatic heterocycles. The first-order valence-corrected chi connectivity index (χ1v) is 4.37. The maximum absolute atomic E-state index is 3.36. The molecule has 0 bridgehead atoms. The summed E-state index contributed by atoms with van der Waals surface area (Å²) in [5, 5.41) is 6.44. The van der Waals surface area contributed by atoms with Crippen molar-refractivity contribution in [1.29, 1.82) is 0 Å². The van der Waals surface area contributed by atoms with E-state index < -0.39 is 0 Å². The van der Waals surface area contributed by atoms with Crippen LogP contribution in [0.15, 0.2) is 0 Å². The van der Waals surface area contributed by atoms with Crippen LogP contribution in [0.3, 0.4) is 0 Å². The molecule has 0 saturated carbocycles. The van der Waals surface area contributed by atoms with Crippen LogP contribution in [-0.2, 0) is 0 Å². The molecule has 0 spiro atoms. The van der Waals surface area contributed by atoms with Crippen LogP contribution in [0.1, 0.15) is 6.42 Å². The predicted molar refractivity (Wildman–Crippen MR) is 47.5 cm³/mol. The Morgan fingerprint density at radius 3 is 2.91 bits per heavy atom.